The van der Waals surface area contributed by atoms with E-state index < -0.39 is 29.8 Å². The summed E-state index contributed by atoms with van der Waals surface area (Å²) in [7, 11) is 2.63. The summed E-state index contributed by atoms with van der Waals surface area (Å²) in [5.41, 5.74) is 5.77. The molecule has 0 heterocycles. The van der Waals surface area contributed by atoms with E-state index in [9.17, 15) is 14.4 Å². The normalized spacial score (nSPS) is 13.0. The molecule has 3 aromatic carbocycles. The quantitative estimate of drug-likeness (QED) is 0.105. The summed E-state index contributed by atoms with van der Waals surface area (Å²) >= 11 is 4.45. The van der Waals surface area contributed by atoms with Crippen LogP contribution in [-0.4, -0.2) is 59.7 Å². The molecule has 3 rings (SSSR count). The monoisotopic (exact) mass is 663 g/mol. The van der Waals surface area contributed by atoms with Crippen molar-refractivity contribution in [1.82, 2.24) is 10.6 Å². The molecule has 1 unspecified atom stereocenters. The zero-order valence-electron chi connectivity index (χ0n) is 22.1. The minimum absolute atomic E-state index is 0.0769. The number of carboxylic acids is 1. The van der Waals surface area contributed by atoms with E-state index in [1.165, 1.54) is 37.5 Å². The van der Waals surface area contributed by atoms with E-state index in [4.69, 9.17) is 10.8 Å². The van der Waals surface area contributed by atoms with Gasteiger partial charge in [0.2, 0.25) is 0 Å². The van der Waals surface area contributed by atoms with Crippen LogP contribution < -0.4 is 32.3 Å². The Kier molecular flexibility index (Phi) is 12.5. The molecule has 0 bridgehead atoms. The molecular formula is C29H35BrN3O4PS2. The molecular weight excluding hydrogens is 629 g/mol. The van der Waals surface area contributed by atoms with Gasteiger partial charge in [-0.1, -0.05) is 0 Å². The van der Waals surface area contributed by atoms with E-state index in [0.717, 1.165) is 19.0 Å². The molecule has 0 aromatic heterocycles. The Bertz CT molecular complexity index is 1160. The minimum Gasteiger partial charge on any atom is -0.480 e. The van der Waals surface area contributed by atoms with Crippen LogP contribution in [0.25, 0.3) is 0 Å². The Morgan fingerprint density at radius 2 is 1.30 bits per heavy atom. The Morgan fingerprint density at radius 3 is 1.77 bits per heavy atom. The Morgan fingerprint density at radius 1 is 0.800 bits per heavy atom. The number of hydrogen-bond acceptors (Lipinski definition) is 6. The van der Waals surface area contributed by atoms with E-state index in [-0.39, 0.29) is 17.4 Å². The number of nitrogens with one attached hydrogen (secondary N) is 2. The van der Waals surface area contributed by atoms with Crippen molar-refractivity contribution in [3.63, 3.8) is 0 Å². The average Bonchev–Trinajstić information content (AvgIpc) is 2.99. The zero-order valence-corrected chi connectivity index (χ0v) is 26.2. The van der Waals surface area contributed by atoms with Gasteiger partial charge in [0.25, 0.3) is 0 Å². The van der Waals surface area contributed by atoms with Crippen molar-refractivity contribution in [2.24, 2.45) is 5.73 Å². The predicted octanol–water partition coefficient (Wildman–Crippen LogP) is 3.63. The van der Waals surface area contributed by atoms with Gasteiger partial charge < -0.3 is 10.4 Å². The van der Waals surface area contributed by atoms with E-state index in [1.54, 1.807) is 0 Å². The zero-order chi connectivity index (χ0) is 28.9. The molecule has 3 aromatic rings. The fourth-order valence-electron chi connectivity index (χ4n) is 4.45. The molecule has 5 N–H and O–H groups in total. The number of carbonyl (C=O) groups is 3. The van der Waals surface area contributed by atoms with Crippen LogP contribution in [0.1, 0.15) is 12.8 Å². The van der Waals surface area contributed by atoms with Crippen LogP contribution in [0.2, 0.25) is 0 Å². The van der Waals surface area contributed by atoms with Gasteiger partial charge in [-0.25, -0.2) is 0 Å². The van der Waals surface area contributed by atoms with Crippen molar-refractivity contribution >= 4 is 76.1 Å². The molecule has 0 aliphatic rings. The fraction of sp³-hybridized carbons (Fsp3) is 0.276. The average molecular weight is 665 g/mol. The first-order chi connectivity index (χ1) is 19.2. The molecule has 7 nitrogen and oxygen atoms in total. The van der Waals surface area contributed by atoms with Gasteiger partial charge in [-0.05, 0) is 0 Å². The third-order valence-electron chi connectivity index (χ3n) is 6.48. The van der Waals surface area contributed by atoms with Crippen LogP contribution in [-0.2, 0) is 14.4 Å². The topological polar surface area (TPSA) is 122 Å². The molecule has 11 heteroatoms. The molecule has 0 saturated heterocycles. The van der Waals surface area contributed by atoms with Gasteiger partial charge in [-0.2, -0.15) is 0 Å². The Balaban J connectivity index is 1.56. The van der Waals surface area contributed by atoms with Crippen LogP contribution in [0.15, 0.2) is 91.0 Å². The molecule has 0 fully saturated rings. The summed E-state index contributed by atoms with van der Waals surface area (Å²) in [4.78, 5) is 34.6. The second-order valence-corrected chi connectivity index (χ2v) is 20.8. The van der Waals surface area contributed by atoms with Gasteiger partial charge in [-0.15, -0.1) is 0 Å². The summed E-state index contributed by atoms with van der Waals surface area (Å²) in [6.45, 7) is 0.104. The molecule has 0 aliphatic carbocycles. The summed E-state index contributed by atoms with van der Waals surface area (Å²) < 4.78 is 0. The molecule has 0 aliphatic heterocycles. The summed E-state index contributed by atoms with van der Waals surface area (Å²) in [6, 6.07) is 31.1. The maximum absolute atomic E-state index is 12.4. The first-order valence-electron chi connectivity index (χ1n) is 12.9. The predicted molar refractivity (Wildman–Crippen MR) is 175 cm³/mol. The number of hydrogen-bond donors (Lipinski definition) is 4. The van der Waals surface area contributed by atoms with Gasteiger partial charge in [-0.3, -0.25) is 9.59 Å². The number of rotatable bonds is 16. The molecule has 0 spiro atoms. The van der Waals surface area contributed by atoms with E-state index in [1.807, 2.05) is 18.2 Å². The van der Waals surface area contributed by atoms with Crippen LogP contribution in [0.5, 0.6) is 0 Å². The standard InChI is InChI=1S/C29H35BrN3O4PS2/c30-38(23-12-4-1-5-13-23,24-14-6-2-7-15-24,25-16-8-3-9-17-25)19-11-10-18-32-27(34)22-40-39-21-26(31)29(37)33-20-28(35)36/h1-9,12-17,26H,10-11,18-22,31H2,(H,32,34)(H,33,37)(H,35,36). The third kappa shape index (κ3) is 8.33. The summed E-state index contributed by atoms with van der Waals surface area (Å²) in [5.74, 6) is -1.21. The molecule has 40 heavy (non-hydrogen) atoms. The first kappa shape index (κ1) is 32.2. The first-order valence-corrected chi connectivity index (χ1v) is 19.8. The SMILES string of the molecule is NC(CSSCC(=O)NCCCCP(Br)(c1ccccc1)(c1ccccc1)c1ccccc1)C(=O)NCC(=O)O. The van der Waals surface area contributed by atoms with Gasteiger partial charge in [0.05, 0.1) is 0 Å². The molecule has 0 radical (unpaired) electrons. The smallest absolute Gasteiger partial charge is 0.480 e. The summed E-state index contributed by atoms with van der Waals surface area (Å²) in [5, 5.41) is 14.7. The second kappa shape index (κ2) is 15.6. The number of carbonyl (C=O) groups excluding carboxylic acids is 2. The van der Waals surface area contributed by atoms with E-state index >= 15 is 0 Å². The maximum atomic E-state index is 12.4. The van der Waals surface area contributed by atoms with Crippen molar-refractivity contribution in [2.75, 3.05) is 30.8 Å². The number of benzene rings is 3. The van der Waals surface area contributed by atoms with Crippen molar-refractivity contribution in [3.8, 4) is 0 Å². The Labute approximate surface area is 251 Å². The van der Waals surface area contributed by atoms with Crippen molar-refractivity contribution in [1.29, 1.82) is 0 Å². The van der Waals surface area contributed by atoms with Crippen LogP contribution in [0, 0.1) is 0 Å². The number of carboxylic acid groups (broad SMARTS) is 1. The number of aliphatic carboxylic acids is 1. The molecule has 214 valence electrons. The van der Waals surface area contributed by atoms with Crippen molar-refractivity contribution in [3.05, 3.63) is 91.0 Å². The number of nitrogens with two attached hydrogens (primary N) is 1. The van der Waals surface area contributed by atoms with E-state index in [2.05, 4.69) is 98.9 Å². The van der Waals surface area contributed by atoms with Crippen LogP contribution >= 0.6 is 42.4 Å². The number of amides is 2. The van der Waals surface area contributed by atoms with Gasteiger partial charge in [0.1, 0.15) is 6.54 Å². The number of halogens is 1. The molecule has 2 amide bonds. The molecule has 0 saturated carbocycles. The van der Waals surface area contributed by atoms with Crippen LogP contribution in [0.4, 0.5) is 0 Å². The fourth-order valence-corrected chi connectivity index (χ4v) is 14.2. The van der Waals surface area contributed by atoms with Crippen molar-refractivity contribution in [2.45, 2.75) is 18.9 Å². The second-order valence-electron chi connectivity index (χ2n) is 9.23. The Hall–Kier alpha value is -2.36. The van der Waals surface area contributed by atoms with E-state index in [0.29, 0.717) is 6.54 Å². The van der Waals surface area contributed by atoms with Gasteiger partial charge in [0.15, 0.2) is 0 Å². The minimum atomic E-state index is -2.96. The van der Waals surface area contributed by atoms with Crippen LogP contribution in [0.3, 0.4) is 0 Å². The summed E-state index contributed by atoms with van der Waals surface area (Å²) in [6.07, 6.45) is 2.64. The van der Waals surface area contributed by atoms with Crippen molar-refractivity contribution < 1.29 is 19.5 Å². The van der Waals surface area contributed by atoms with Gasteiger partial charge in [0, 0.05) is 0 Å². The molecule has 1 atom stereocenters. The van der Waals surface area contributed by atoms with Gasteiger partial charge >= 0.3 is 226 Å². The third-order valence-corrected chi connectivity index (χ3v) is 18.8. The number of unbranched alkanes of at least 4 members (excludes halogenated alkanes) is 1.